The molecule has 0 saturated heterocycles. The Hall–Kier alpha value is -3.73. The van der Waals surface area contributed by atoms with Gasteiger partial charge in [0.25, 0.3) is 5.56 Å². The molecule has 29 heavy (non-hydrogen) atoms. The molecule has 0 fully saturated rings. The van der Waals surface area contributed by atoms with Crippen molar-refractivity contribution in [1.29, 1.82) is 0 Å². The summed E-state index contributed by atoms with van der Waals surface area (Å²) >= 11 is 0. The highest BCUT2D eigenvalue weighted by atomic mass is 16.1. The molecule has 5 nitrogen and oxygen atoms in total. The fraction of sp³-hybridized carbons (Fsp3) is 0.125. The second-order valence-electron chi connectivity index (χ2n) is 7.35. The summed E-state index contributed by atoms with van der Waals surface area (Å²) < 4.78 is 3.50. The van der Waals surface area contributed by atoms with Crippen molar-refractivity contribution in [2.75, 3.05) is 0 Å². The van der Waals surface area contributed by atoms with E-state index in [-0.39, 0.29) is 5.56 Å². The Morgan fingerprint density at radius 3 is 2.45 bits per heavy atom. The molecule has 0 aliphatic carbocycles. The van der Waals surface area contributed by atoms with Crippen LogP contribution in [0, 0.1) is 13.8 Å². The van der Waals surface area contributed by atoms with Crippen LogP contribution in [0.4, 0.5) is 0 Å². The molecule has 5 rings (SSSR count). The van der Waals surface area contributed by atoms with Crippen LogP contribution in [-0.2, 0) is 6.54 Å². The first-order chi connectivity index (χ1) is 14.1. The lowest BCUT2D eigenvalue weighted by Crippen LogP contribution is -2.21. The molecule has 0 N–H and O–H groups in total. The number of benzene rings is 2. The Morgan fingerprint density at radius 2 is 1.69 bits per heavy atom. The summed E-state index contributed by atoms with van der Waals surface area (Å²) in [5.41, 5.74) is 6.71. The van der Waals surface area contributed by atoms with Gasteiger partial charge in [-0.05, 0) is 31.0 Å². The van der Waals surface area contributed by atoms with E-state index in [1.807, 2.05) is 37.4 Å². The van der Waals surface area contributed by atoms with E-state index in [0.29, 0.717) is 11.9 Å². The van der Waals surface area contributed by atoms with Gasteiger partial charge in [-0.1, -0.05) is 60.2 Å². The Morgan fingerprint density at radius 1 is 0.931 bits per heavy atom. The number of aryl methyl sites for hydroxylation is 2. The quantitative estimate of drug-likeness (QED) is 0.467. The van der Waals surface area contributed by atoms with Crippen molar-refractivity contribution in [2.45, 2.75) is 20.4 Å². The molecule has 0 aliphatic heterocycles. The van der Waals surface area contributed by atoms with Gasteiger partial charge in [-0.3, -0.25) is 4.79 Å². The van der Waals surface area contributed by atoms with Crippen molar-refractivity contribution >= 4 is 16.6 Å². The number of aromatic nitrogens is 4. The van der Waals surface area contributed by atoms with E-state index in [1.165, 1.54) is 5.56 Å². The monoisotopic (exact) mass is 380 g/mol. The third-order valence-corrected chi connectivity index (χ3v) is 5.30. The summed E-state index contributed by atoms with van der Waals surface area (Å²) in [5.74, 6) is 0. The van der Waals surface area contributed by atoms with Gasteiger partial charge in [-0.15, -0.1) is 0 Å². The third kappa shape index (κ3) is 2.91. The standard InChI is InChI=1S/C24H20N4O/c1-16-8-10-18(11-9-16)15-27-13-12-21-20(24(27)29)14-25-23-22(17(2)26-28(21)23)19-6-4-3-5-7-19/h3-14H,15H2,1-2H3. The molecule has 0 aliphatic rings. The Labute approximate surface area is 167 Å². The van der Waals surface area contributed by atoms with Gasteiger partial charge in [-0.2, -0.15) is 5.10 Å². The second kappa shape index (κ2) is 6.71. The minimum Gasteiger partial charge on any atom is -0.310 e. The molecule has 5 heteroatoms. The largest absolute Gasteiger partial charge is 0.310 e. The summed E-state index contributed by atoms with van der Waals surface area (Å²) in [7, 11) is 0. The predicted molar refractivity (Wildman–Crippen MR) is 115 cm³/mol. The molecule has 0 atom stereocenters. The smallest absolute Gasteiger partial charge is 0.261 e. The van der Waals surface area contributed by atoms with Gasteiger partial charge in [0.2, 0.25) is 0 Å². The second-order valence-corrected chi connectivity index (χ2v) is 7.35. The van der Waals surface area contributed by atoms with E-state index in [0.717, 1.165) is 33.5 Å². The van der Waals surface area contributed by atoms with Gasteiger partial charge in [0.15, 0.2) is 5.65 Å². The van der Waals surface area contributed by atoms with E-state index < -0.39 is 0 Å². The number of rotatable bonds is 3. The minimum absolute atomic E-state index is 0.0631. The normalized spacial score (nSPS) is 11.4. The summed E-state index contributed by atoms with van der Waals surface area (Å²) in [5, 5.41) is 5.25. The average molecular weight is 380 g/mol. The van der Waals surface area contributed by atoms with Crippen molar-refractivity contribution in [2.24, 2.45) is 0 Å². The van der Waals surface area contributed by atoms with Gasteiger partial charge in [0.05, 0.1) is 23.1 Å². The lowest BCUT2D eigenvalue weighted by Gasteiger charge is -2.09. The van der Waals surface area contributed by atoms with Gasteiger partial charge >= 0.3 is 0 Å². The Balaban J connectivity index is 1.66. The molecular weight excluding hydrogens is 360 g/mol. The maximum atomic E-state index is 13.1. The molecule has 5 aromatic rings. The van der Waals surface area contributed by atoms with Crippen LogP contribution in [0.1, 0.15) is 16.8 Å². The zero-order valence-corrected chi connectivity index (χ0v) is 16.3. The van der Waals surface area contributed by atoms with Crippen molar-refractivity contribution in [3.05, 3.63) is 100 Å². The lowest BCUT2D eigenvalue weighted by molar-refractivity contribution is 0.765. The molecule has 2 aromatic carbocycles. The summed E-state index contributed by atoms with van der Waals surface area (Å²) in [6.45, 7) is 4.56. The SMILES string of the molecule is Cc1ccc(Cn2ccc3c(cnc4c(-c5ccccc5)c(C)nn43)c2=O)cc1. The zero-order valence-electron chi connectivity index (χ0n) is 16.3. The highest BCUT2D eigenvalue weighted by molar-refractivity contribution is 5.86. The first-order valence-electron chi connectivity index (χ1n) is 9.60. The molecule has 0 bridgehead atoms. The van der Waals surface area contributed by atoms with Crippen LogP contribution in [0.5, 0.6) is 0 Å². The van der Waals surface area contributed by atoms with E-state index in [1.54, 1.807) is 15.3 Å². The van der Waals surface area contributed by atoms with Gasteiger partial charge in [0, 0.05) is 18.0 Å². The Kier molecular flexibility index (Phi) is 4.02. The highest BCUT2D eigenvalue weighted by Gasteiger charge is 2.16. The molecule has 0 radical (unpaired) electrons. The molecule has 0 spiro atoms. The molecule has 0 unspecified atom stereocenters. The third-order valence-electron chi connectivity index (χ3n) is 5.30. The van der Waals surface area contributed by atoms with Crippen molar-refractivity contribution < 1.29 is 0 Å². The van der Waals surface area contributed by atoms with Crippen LogP contribution < -0.4 is 5.56 Å². The van der Waals surface area contributed by atoms with Crippen molar-refractivity contribution in [3.63, 3.8) is 0 Å². The van der Waals surface area contributed by atoms with Crippen LogP contribution in [0.2, 0.25) is 0 Å². The molecule has 0 amide bonds. The zero-order chi connectivity index (χ0) is 20.0. The first kappa shape index (κ1) is 17.4. The van der Waals surface area contributed by atoms with Crippen LogP contribution in [0.25, 0.3) is 27.7 Å². The predicted octanol–water partition coefficient (Wildman–Crippen LogP) is 4.38. The van der Waals surface area contributed by atoms with E-state index in [4.69, 9.17) is 0 Å². The maximum Gasteiger partial charge on any atom is 0.261 e. The van der Waals surface area contributed by atoms with Crippen LogP contribution in [0.3, 0.4) is 0 Å². The van der Waals surface area contributed by atoms with Gasteiger partial charge in [0.1, 0.15) is 0 Å². The molecule has 3 heterocycles. The van der Waals surface area contributed by atoms with Crippen molar-refractivity contribution in [3.8, 4) is 11.1 Å². The molecular formula is C24H20N4O. The van der Waals surface area contributed by atoms with Crippen LogP contribution >= 0.6 is 0 Å². The first-order valence-corrected chi connectivity index (χ1v) is 9.60. The fourth-order valence-corrected chi connectivity index (χ4v) is 3.77. The topological polar surface area (TPSA) is 52.2 Å². The maximum absolute atomic E-state index is 13.1. The minimum atomic E-state index is -0.0631. The Bertz CT molecular complexity index is 1400. The number of hydrogen-bond acceptors (Lipinski definition) is 3. The number of pyridine rings is 1. The lowest BCUT2D eigenvalue weighted by atomic mass is 10.1. The summed E-state index contributed by atoms with van der Waals surface area (Å²) in [6.07, 6.45) is 3.51. The van der Waals surface area contributed by atoms with E-state index in [9.17, 15) is 4.79 Å². The fourth-order valence-electron chi connectivity index (χ4n) is 3.77. The number of nitrogens with zero attached hydrogens (tertiary/aromatic N) is 4. The molecule has 0 saturated carbocycles. The van der Waals surface area contributed by atoms with Crippen LogP contribution in [0.15, 0.2) is 77.9 Å². The molecule has 142 valence electrons. The van der Waals surface area contributed by atoms with E-state index >= 15 is 0 Å². The summed E-state index contributed by atoms with van der Waals surface area (Å²) in [6, 6.07) is 20.3. The van der Waals surface area contributed by atoms with Gasteiger partial charge in [-0.25, -0.2) is 9.50 Å². The highest BCUT2D eigenvalue weighted by Crippen LogP contribution is 2.28. The van der Waals surface area contributed by atoms with Gasteiger partial charge < -0.3 is 4.57 Å². The summed E-state index contributed by atoms with van der Waals surface area (Å²) in [4.78, 5) is 17.7. The average Bonchev–Trinajstić information content (AvgIpc) is 3.08. The van der Waals surface area contributed by atoms with Crippen molar-refractivity contribution in [1.82, 2.24) is 19.2 Å². The number of fused-ring (bicyclic) bond motifs is 3. The van der Waals surface area contributed by atoms with Crippen LogP contribution in [-0.4, -0.2) is 19.2 Å². The number of hydrogen-bond donors (Lipinski definition) is 0. The molecule has 3 aromatic heterocycles. The van der Waals surface area contributed by atoms with E-state index in [2.05, 4.69) is 53.4 Å².